The summed E-state index contributed by atoms with van der Waals surface area (Å²) in [6, 6.07) is -1.19. The van der Waals surface area contributed by atoms with Crippen LogP contribution in [0.25, 0.3) is 0 Å². The van der Waals surface area contributed by atoms with E-state index in [-0.39, 0.29) is 12.0 Å². The zero-order valence-corrected chi connectivity index (χ0v) is 12.7. The predicted molar refractivity (Wildman–Crippen MR) is 76.1 cm³/mol. The zero-order valence-electron chi connectivity index (χ0n) is 12.7. The Balaban J connectivity index is 4.05. The molecule has 0 spiro atoms. The van der Waals surface area contributed by atoms with Crippen molar-refractivity contribution in [3.05, 3.63) is 0 Å². The lowest BCUT2D eigenvalue weighted by molar-refractivity contribution is -0.140. The molecule has 3 N–H and O–H groups in total. The molecule has 0 unspecified atom stereocenters. The van der Waals surface area contributed by atoms with Crippen LogP contribution in [0.2, 0.25) is 0 Å². The number of carbonyl (C=O) groups is 2. The highest BCUT2D eigenvalue weighted by Gasteiger charge is 2.23. The summed E-state index contributed by atoms with van der Waals surface area (Å²) in [5, 5.41) is 14.3. The molecule has 0 aliphatic rings. The summed E-state index contributed by atoms with van der Waals surface area (Å²) in [7, 11) is 0. The van der Waals surface area contributed by atoms with Crippen molar-refractivity contribution in [2.75, 3.05) is 0 Å². The zero-order chi connectivity index (χ0) is 15.0. The van der Waals surface area contributed by atoms with E-state index in [1.165, 1.54) is 0 Å². The Morgan fingerprint density at radius 3 is 2.00 bits per heavy atom. The third kappa shape index (κ3) is 8.46. The molecule has 0 aliphatic carbocycles. The van der Waals surface area contributed by atoms with Crippen molar-refractivity contribution in [2.24, 2.45) is 11.8 Å². The summed E-state index contributed by atoms with van der Waals surface area (Å²) in [6.07, 6.45) is 3.11. The molecule has 5 heteroatoms. The minimum absolute atomic E-state index is 0.0559. The molecule has 0 fully saturated rings. The maximum absolute atomic E-state index is 11.7. The molecule has 19 heavy (non-hydrogen) atoms. The van der Waals surface area contributed by atoms with E-state index < -0.39 is 18.0 Å². The van der Waals surface area contributed by atoms with Gasteiger partial charge in [0, 0.05) is 6.04 Å². The standard InChI is InChI=1S/C14H28N2O3/c1-9(2)7-6-8-11(5)15-14(19)16-12(10(3)4)13(17)18/h9-12H,6-8H2,1-5H3,(H,17,18)(H2,15,16,19)/t11-,12+/m1/s1. The van der Waals surface area contributed by atoms with Crippen LogP contribution in [0.15, 0.2) is 0 Å². The summed E-state index contributed by atoms with van der Waals surface area (Å²) in [4.78, 5) is 22.7. The van der Waals surface area contributed by atoms with Gasteiger partial charge in [-0.2, -0.15) is 0 Å². The molecular formula is C14H28N2O3. The lowest BCUT2D eigenvalue weighted by Gasteiger charge is -2.20. The van der Waals surface area contributed by atoms with E-state index in [2.05, 4.69) is 24.5 Å². The first kappa shape index (κ1) is 17.7. The quantitative estimate of drug-likeness (QED) is 0.635. The van der Waals surface area contributed by atoms with Gasteiger partial charge in [-0.15, -0.1) is 0 Å². The van der Waals surface area contributed by atoms with E-state index in [0.717, 1.165) is 19.3 Å². The maximum atomic E-state index is 11.7. The van der Waals surface area contributed by atoms with Gasteiger partial charge < -0.3 is 15.7 Å². The molecule has 0 aromatic rings. The van der Waals surface area contributed by atoms with Crippen molar-refractivity contribution >= 4 is 12.0 Å². The third-order valence-corrected chi connectivity index (χ3v) is 3.02. The number of carboxylic acid groups (broad SMARTS) is 1. The van der Waals surface area contributed by atoms with Crippen molar-refractivity contribution in [3.8, 4) is 0 Å². The van der Waals surface area contributed by atoms with Gasteiger partial charge in [0.15, 0.2) is 0 Å². The summed E-state index contributed by atoms with van der Waals surface area (Å²) < 4.78 is 0. The Bertz CT molecular complexity index is 290. The second kappa shape index (κ2) is 8.77. The van der Waals surface area contributed by atoms with Gasteiger partial charge in [-0.1, -0.05) is 40.5 Å². The van der Waals surface area contributed by atoms with Crippen LogP contribution in [0, 0.1) is 11.8 Å². The van der Waals surface area contributed by atoms with Gasteiger partial charge in [0.05, 0.1) is 0 Å². The van der Waals surface area contributed by atoms with Gasteiger partial charge in [-0.25, -0.2) is 9.59 Å². The minimum Gasteiger partial charge on any atom is -0.480 e. The number of hydrogen-bond donors (Lipinski definition) is 3. The lowest BCUT2D eigenvalue weighted by Crippen LogP contribution is -2.50. The van der Waals surface area contributed by atoms with E-state index in [0.29, 0.717) is 5.92 Å². The minimum atomic E-state index is -1.00. The van der Waals surface area contributed by atoms with Crippen molar-refractivity contribution < 1.29 is 14.7 Å². The van der Waals surface area contributed by atoms with Gasteiger partial charge in [-0.05, 0) is 25.2 Å². The van der Waals surface area contributed by atoms with E-state index in [1.54, 1.807) is 13.8 Å². The molecule has 0 saturated carbocycles. The fraction of sp³-hybridized carbons (Fsp3) is 0.857. The number of amides is 2. The lowest BCUT2D eigenvalue weighted by atomic mass is 10.0. The Morgan fingerprint density at radius 1 is 1.00 bits per heavy atom. The monoisotopic (exact) mass is 272 g/mol. The molecule has 0 saturated heterocycles. The number of hydrogen-bond acceptors (Lipinski definition) is 2. The van der Waals surface area contributed by atoms with Crippen molar-refractivity contribution in [1.29, 1.82) is 0 Å². The number of aliphatic carboxylic acids is 1. The van der Waals surface area contributed by atoms with Crippen molar-refractivity contribution in [3.63, 3.8) is 0 Å². The Labute approximate surface area is 116 Å². The third-order valence-electron chi connectivity index (χ3n) is 3.02. The number of nitrogens with one attached hydrogen (secondary N) is 2. The fourth-order valence-corrected chi connectivity index (χ4v) is 1.82. The van der Waals surface area contributed by atoms with Gasteiger partial charge in [-0.3, -0.25) is 0 Å². The molecule has 0 radical (unpaired) electrons. The second-order valence-electron chi connectivity index (χ2n) is 5.90. The summed E-state index contributed by atoms with van der Waals surface area (Å²) in [5.41, 5.74) is 0. The first-order valence-corrected chi connectivity index (χ1v) is 7.03. The van der Waals surface area contributed by atoms with E-state index >= 15 is 0 Å². The molecule has 0 aromatic carbocycles. The molecule has 0 bridgehead atoms. The Hall–Kier alpha value is -1.26. The highest BCUT2D eigenvalue weighted by atomic mass is 16.4. The summed E-state index contributed by atoms with van der Waals surface area (Å²) >= 11 is 0. The van der Waals surface area contributed by atoms with Crippen LogP contribution in [-0.2, 0) is 4.79 Å². The number of carbonyl (C=O) groups excluding carboxylic acids is 1. The highest BCUT2D eigenvalue weighted by Crippen LogP contribution is 2.08. The van der Waals surface area contributed by atoms with Crippen molar-refractivity contribution in [1.82, 2.24) is 10.6 Å². The van der Waals surface area contributed by atoms with Crippen LogP contribution >= 0.6 is 0 Å². The van der Waals surface area contributed by atoms with E-state index in [9.17, 15) is 9.59 Å². The average molecular weight is 272 g/mol. The van der Waals surface area contributed by atoms with Gasteiger partial charge in [0.2, 0.25) is 0 Å². The molecule has 0 aromatic heterocycles. The molecule has 112 valence electrons. The normalized spacial score (nSPS) is 14.3. The van der Waals surface area contributed by atoms with Crippen LogP contribution in [0.1, 0.15) is 53.9 Å². The second-order valence-corrected chi connectivity index (χ2v) is 5.90. The maximum Gasteiger partial charge on any atom is 0.326 e. The topological polar surface area (TPSA) is 78.4 Å². The van der Waals surface area contributed by atoms with Crippen molar-refractivity contribution in [2.45, 2.75) is 66.0 Å². The molecule has 5 nitrogen and oxygen atoms in total. The molecule has 2 atom stereocenters. The number of urea groups is 1. The predicted octanol–water partition coefficient (Wildman–Crippen LogP) is 2.61. The van der Waals surface area contributed by atoms with Gasteiger partial charge in [0.25, 0.3) is 0 Å². The Kier molecular flexibility index (Phi) is 8.19. The van der Waals surface area contributed by atoms with Crippen LogP contribution in [-0.4, -0.2) is 29.2 Å². The van der Waals surface area contributed by atoms with Crippen LogP contribution < -0.4 is 10.6 Å². The van der Waals surface area contributed by atoms with Crippen LogP contribution in [0.3, 0.4) is 0 Å². The van der Waals surface area contributed by atoms with E-state index in [4.69, 9.17) is 5.11 Å². The number of carboxylic acids is 1. The molecular weight excluding hydrogens is 244 g/mol. The highest BCUT2D eigenvalue weighted by molar-refractivity contribution is 5.82. The Morgan fingerprint density at radius 2 is 1.58 bits per heavy atom. The summed E-state index contributed by atoms with van der Waals surface area (Å²) in [5.74, 6) is -0.476. The largest absolute Gasteiger partial charge is 0.480 e. The molecule has 0 heterocycles. The fourth-order valence-electron chi connectivity index (χ4n) is 1.82. The first-order chi connectivity index (χ1) is 8.73. The van der Waals surface area contributed by atoms with Crippen LogP contribution in [0.4, 0.5) is 4.79 Å². The number of rotatable bonds is 8. The molecule has 0 rings (SSSR count). The smallest absolute Gasteiger partial charge is 0.326 e. The van der Waals surface area contributed by atoms with Gasteiger partial charge >= 0.3 is 12.0 Å². The van der Waals surface area contributed by atoms with Crippen LogP contribution in [0.5, 0.6) is 0 Å². The van der Waals surface area contributed by atoms with Gasteiger partial charge in [0.1, 0.15) is 6.04 Å². The molecule has 0 aliphatic heterocycles. The van der Waals surface area contributed by atoms with E-state index in [1.807, 2.05) is 6.92 Å². The molecule has 2 amide bonds. The first-order valence-electron chi connectivity index (χ1n) is 7.03. The average Bonchev–Trinajstić information content (AvgIpc) is 2.24. The summed E-state index contributed by atoms with van der Waals surface area (Å²) in [6.45, 7) is 9.82. The SMILES string of the molecule is CC(C)CCC[C@@H](C)NC(=O)N[C@H](C(=O)O)C(C)C.